The second-order valence-corrected chi connectivity index (χ2v) is 5.79. The van der Waals surface area contributed by atoms with Crippen molar-refractivity contribution in [2.24, 2.45) is 0 Å². The molecule has 0 heterocycles. The molecule has 0 aliphatic carbocycles. The van der Waals surface area contributed by atoms with E-state index in [9.17, 15) is 0 Å². The van der Waals surface area contributed by atoms with Crippen molar-refractivity contribution in [3.05, 3.63) is 35.4 Å². The summed E-state index contributed by atoms with van der Waals surface area (Å²) in [6.45, 7) is 4.56. The van der Waals surface area contributed by atoms with Crippen LogP contribution in [-0.4, -0.2) is 0 Å². The lowest BCUT2D eigenvalue weighted by molar-refractivity contribution is 0.631. The van der Waals surface area contributed by atoms with Crippen molar-refractivity contribution in [1.82, 2.24) is 0 Å². The third-order valence-electron chi connectivity index (χ3n) is 3.88. The molecule has 0 bridgehead atoms. The zero-order chi connectivity index (χ0) is 13.8. The van der Waals surface area contributed by atoms with Crippen molar-refractivity contribution in [2.75, 3.05) is 0 Å². The molecule has 0 aliphatic heterocycles. The van der Waals surface area contributed by atoms with E-state index in [1.165, 1.54) is 70.6 Å². The third-order valence-corrected chi connectivity index (χ3v) is 3.88. The Kier molecular flexibility index (Phi) is 9.49. The van der Waals surface area contributed by atoms with Gasteiger partial charge in [-0.25, -0.2) is 0 Å². The van der Waals surface area contributed by atoms with Gasteiger partial charge in [0.25, 0.3) is 0 Å². The Bertz CT molecular complexity index is 314. The molecule has 0 aliphatic rings. The molecule has 0 amide bonds. The van der Waals surface area contributed by atoms with Crippen LogP contribution < -0.4 is 0 Å². The van der Waals surface area contributed by atoms with Gasteiger partial charge in [0.2, 0.25) is 0 Å². The van der Waals surface area contributed by atoms with Gasteiger partial charge in [0.1, 0.15) is 0 Å². The summed E-state index contributed by atoms with van der Waals surface area (Å²) >= 11 is 0. The first kappa shape index (κ1) is 16.3. The van der Waals surface area contributed by atoms with Crippen molar-refractivity contribution < 1.29 is 0 Å². The van der Waals surface area contributed by atoms with E-state index < -0.39 is 0 Å². The van der Waals surface area contributed by atoms with Gasteiger partial charge in [-0.05, 0) is 36.8 Å². The first-order valence-electron chi connectivity index (χ1n) is 8.44. The molecule has 1 aromatic carbocycles. The second kappa shape index (κ2) is 11.1. The smallest absolute Gasteiger partial charge is 0.0279 e. The Morgan fingerprint density at radius 2 is 1.11 bits per heavy atom. The van der Waals surface area contributed by atoms with Gasteiger partial charge in [0, 0.05) is 0 Å². The normalized spacial score (nSPS) is 10.8. The fourth-order valence-electron chi connectivity index (χ4n) is 2.63. The fourth-order valence-corrected chi connectivity index (χ4v) is 2.63. The quantitative estimate of drug-likeness (QED) is 0.408. The van der Waals surface area contributed by atoms with Crippen LogP contribution in [0.25, 0.3) is 0 Å². The first-order valence-corrected chi connectivity index (χ1v) is 8.44. The minimum atomic E-state index is 1.27. The predicted octanol–water partition coefficient (Wildman–Crippen LogP) is 6.32. The molecule has 1 rings (SSSR count). The molecular formula is C19H32. The van der Waals surface area contributed by atoms with Crippen LogP contribution in [0.15, 0.2) is 24.3 Å². The first-order chi connectivity index (χ1) is 9.36. The number of benzene rings is 1. The Morgan fingerprint density at radius 3 is 1.63 bits per heavy atom. The summed E-state index contributed by atoms with van der Waals surface area (Å²) in [6, 6.07) is 9.28. The molecular weight excluding hydrogens is 228 g/mol. The summed E-state index contributed by atoms with van der Waals surface area (Å²) < 4.78 is 0. The molecule has 0 spiro atoms. The highest BCUT2D eigenvalue weighted by atomic mass is 14.0. The monoisotopic (exact) mass is 260 g/mol. The predicted molar refractivity (Wildman–Crippen MR) is 86.8 cm³/mol. The minimum Gasteiger partial charge on any atom is -0.0654 e. The Hall–Kier alpha value is -0.780. The van der Waals surface area contributed by atoms with Crippen molar-refractivity contribution in [3.8, 4) is 0 Å². The van der Waals surface area contributed by atoms with E-state index in [4.69, 9.17) is 0 Å². The van der Waals surface area contributed by atoms with Gasteiger partial charge in [-0.2, -0.15) is 0 Å². The summed E-state index contributed by atoms with van der Waals surface area (Å²) in [7, 11) is 0. The van der Waals surface area contributed by atoms with E-state index >= 15 is 0 Å². The van der Waals surface area contributed by atoms with Crippen LogP contribution in [0.2, 0.25) is 0 Å². The molecule has 0 radical (unpaired) electrons. The highest BCUT2D eigenvalue weighted by Gasteiger charge is 1.97. The standard InChI is InChI=1S/C19H32/c1-3-5-7-9-11-14-19-16-12-15-18(17-19)13-10-8-6-4-2/h12,15-17H,3-11,13-14H2,1-2H3. The zero-order valence-corrected chi connectivity index (χ0v) is 13.1. The van der Waals surface area contributed by atoms with Crippen LogP contribution >= 0.6 is 0 Å². The number of hydrogen-bond acceptors (Lipinski definition) is 0. The summed E-state index contributed by atoms with van der Waals surface area (Å²) in [6.07, 6.45) is 14.9. The van der Waals surface area contributed by atoms with Crippen LogP contribution in [0.5, 0.6) is 0 Å². The highest BCUT2D eigenvalue weighted by Crippen LogP contribution is 2.13. The lowest BCUT2D eigenvalue weighted by Gasteiger charge is -2.06. The molecule has 0 atom stereocenters. The SMILES string of the molecule is CCCCCCCc1cccc(CCCCCC)c1. The van der Waals surface area contributed by atoms with E-state index in [0.717, 1.165) is 0 Å². The van der Waals surface area contributed by atoms with Crippen molar-refractivity contribution >= 4 is 0 Å². The average molecular weight is 260 g/mol. The number of unbranched alkanes of at least 4 members (excludes halogenated alkanes) is 7. The molecule has 19 heavy (non-hydrogen) atoms. The minimum absolute atomic E-state index is 1.27. The number of rotatable bonds is 11. The number of hydrogen-bond donors (Lipinski definition) is 0. The molecule has 0 aromatic heterocycles. The largest absolute Gasteiger partial charge is 0.0654 e. The second-order valence-electron chi connectivity index (χ2n) is 5.79. The van der Waals surface area contributed by atoms with Gasteiger partial charge in [0.15, 0.2) is 0 Å². The molecule has 0 N–H and O–H groups in total. The zero-order valence-electron chi connectivity index (χ0n) is 13.1. The Morgan fingerprint density at radius 1 is 0.632 bits per heavy atom. The van der Waals surface area contributed by atoms with Crippen LogP contribution in [0.4, 0.5) is 0 Å². The van der Waals surface area contributed by atoms with Crippen LogP contribution in [-0.2, 0) is 12.8 Å². The van der Waals surface area contributed by atoms with Crippen LogP contribution in [0.1, 0.15) is 82.8 Å². The summed E-state index contributed by atoms with van der Waals surface area (Å²) in [5.41, 5.74) is 3.09. The molecule has 0 saturated heterocycles. The fraction of sp³-hybridized carbons (Fsp3) is 0.684. The molecule has 1 aromatic rings. The van der Waals surface area contributed by atoms with Gasteiger partial charge in [-0.3, -0.25) is 0 Å². The molecule has 0 fully saturated rings. The van der Waals surface area contributed by atoms with Gasteiger partial charge in [0.05, 0.1) is 0 Å². The topological polar surface area (TPSA) is 0 Å². The summed E-state index contributed by atoms with van der Waals surface area (Å²) in [5, 5.41) is 0. The van der Waals surface area contributed by atoms with E-state index in [1.807, 2.05) is 0 Å². The van der Waals surface area contributed by atoms with Gasteiger partial charge >= 0.3 is 0 Å². The molecule has 0 saturated carbocycles. The summed E-state index contributed by atoms with van der Waals surface area (Å²) in [5.74, 6) is 0. The maximum Gasteiger partial charge on any atom is -0.0279 e. The van der Waals surface area contributed by atoms with E-state index in [1.54, 1.807) is 11.1 Å². The highest BCUT2D eigenvalue weighted by molar-refractivity contribution is 5.23. The van der Waals surface area contributed by atoms with Crippen molar-refractivity contribution in [2.45, 2.75) is 84.5 Å². The summed E-state index contributed by atoms with van der Waals surface area (Å²) in [4.78, 5) is 0. The van der Waals surface area contributed by atoms with Crippen LogP contribution in [0, 0.1) is 0 Å². The molecule has 0 heteroatoms. The van der Waals surface area contributed by atoms with Gasteiger partial charge < -0.3 is 0 Å². The maximum absolute atomic E-state index is 2.44. The van der Waals surface area contributed by atoms with Crippen molar-refractivity contribution in [1.29, 1.82) is 0 Å². The third kappa shape index (κ3) is 8.08. The van der Waals surface area contributed by atoms with E-state index in [2.05, 4.69) is 38.1 Å². The molecule has 0 unspecified atom stereocenters. The van der Waals surface area contributed by atoms with Crippen LogP contribution in [0.3, 0.4) is 0 Å². The Balaban J connectivity index is 2.23. The number of aryl methyl sites for hydroxylation is 2. The van der Waals surface area contributed by atoms with Gasteiger partial charge in [-0.15, -0.1) is 0 Å². The lowest BCUT2D eigenvalue weighted by Crippen LogP contribution is -1.90. The lowest BCUT2D eigenvalue weighted by atomic mass is 10.0. The van der Waals surface area contributed by atoms with Crippen molar-refractivity contribution in [3.63, 3.8) is 0 Å². The van der Waals surface area contributed by atoms with E-state index in [-0.39, 0.29) is 0 Å². The Labute approximate surface area is 120 Å². The average Bonchev–Trinajstić information content (AvgIpc) is 2.44. The maximum atomic E-state index is 2.44. The van der Waals surface area contributed by atoms with E-state index in [0.29, 0.717) is 0 Å². The molecule has 0 nitrogen and oxygen atoms in total. The van der Waals surface area contributed by atoms with Gasteiger partial charge in [-0.1, -0.05) is 83.1 Å². The molecule has 108 valence electrons.